The fraction of sp³-hybridized carbons (Fsp3) is 0.0476. The lowest BCUT2D eigenvalue weighted by molar-refractivity contribution is -0.137. The van der Waals surface area contributed by atoms with Gasteiger partial charge in [-0.2, -0.15) is 21.6 Å². The number of benzene rings is 3. The quantitative estimate of drug-likeness (QED) is 0.261. The molecule has 0 bridgehead atoms. The Morgan fingerprint density at radius 1 is 0.941 bits per heavy atom. The Labute approximate surface area is 205 Å². The largest absolute Gasteiger partial charge is 0.588 e. The minimum absolute atomic E-state index is 0.00549. The molecule has 6 nitrogen and oxygen atoms in total. The zero-order valence-corrected chi connectivity index (χ0v) is 19.8. The van der Waals surface area contributed by atoms with Gasteiger partial charge < -0.3 is 8.97 Å². The molecule has 0 aliphatic heterocycles. The van der Waals surface area contributed by atoms with Gasteiger partial charge in [-0.15, -0.1) is 0 Å². The Morgan fingerprint density at radius 3 is 2.38 bits per heavy atom. The minimum Gasteiger partial charge on any atom is -0.588 e. The number of anilines is 2. The lowest BCUT2D eigenvalue weighted by Gasteiger charge is -2.17. The van der Waals surface area contributed by atoms with E-state index in [0.29, 0.717) is 17.0 Å². The molecule has 13 heteroatoms. The van der Waals surface area contributed by atoms with Crippen molar-refractivity contribution in [1.29, 1.82) is 0 Å². The van der Waals surface area contributed by atoms with Crippen LogP contribution in [0.15, 0.2) is 81.1 Å². The van der Waals surface area contributed by atoms with Crippen molar-refractivity contribution in [2.24, 2.45) is 0 Å². The average Bonchev–Trinajstić information content (AvgIpc) is 3.20. The molecular weight excluding hydrogens is 536 g/mol. The molecule has 178 valence electrons. The normalized spacial score (nSPS) is 13.1. The number of alkyl halides is 3. The first-order chi connectivity index (χ1) is 15.9. The topological polar surface area (TPSA) is 94.4 Å². The van der Waals surface area contributed by atoms with Crippen LogP contribution < -0.4 is 9.44 Å². The minimum atomic E-state index is -4.75. The zero-order valence-electron chi connectivity index (χ0n) is 16.7. The first-order valence-corrected chi connectivity index (χ1v) is 12.7. The van der Waals surface area contributed by atoms with Gasteiger partial charge in [0.25, 0.3) is 10.0 Å². The maximum Gasteiger partial charge on any atom is 0.418 e. The Hall–Kier alpha value is -2.57. The van der Waals surface area contributed by atoms with E-state index in [2.05, 4.69) is 9.44 Å². The molecule has 34 heavy (non-hydrogen) atoms. The number of furan rings is 1. The Morgan fingerprint density at radius 2 is 1.68 bits per heavy atom. The van der Waals surface area contributed by atoms with Crippen molar-refractivity contribution in [1.82, 2.24) is 0 Å². The van der Waals surface area contributed by atoms with Crippen LogP contribution >= 0.6 is 23.2 Å². The van der Waals surface area contributed by atoms with Crippen LogP contribution in [0.2, 0.25) is 10.0 Å². The van der Waals surface area contributed by atoms with Crippen molar-refractivity contribution in [2.45, 2.75) is 16.2 Å². The van der Waals surface area contributed by atoms with E-state index >= 15 is 0 Å². The standard InChI is InChI=1S/C21H13Cl2F3N2O4S2/c22-13-5-8-17(27-33(29)14-6-7-16(23)15(11-14)21(24,25)26)18(10-13)28-34(30,31)20-9-12-3-1-2-4-19(12)32-20/h1-11,27-28H. The molecule has 0 aliphatic rings. The summed E-state index contributed by atoms with van der Waals surface area (Å²) in [5.74, 6) is 0. The van der Waals surface area contributed by atoms with Crippen LogP contribution in [0, 0.1) is 0 Å². The van der Waals surface area contributed by atoms with Crippen LogP contribution in [0.4, 0.5) is 24.5 Å². The van der Waals surface area contributed by atoms with Gasteiger partial charge in [-0.1, -0.05) is 41.4 Å². The summed E-state index contributed by atoms with van der Waals surface area (Å²) in [5, 5.41) is -0.187. The molecular formula is C21H13Cl2F3N2O4S2. The number of sulfonamides is 1. The van der Waals surface area contributed by atoms with Gasteiger partial charge in [-0.05, 0) is 36.4 Å². The van der Waals surface area contributed by atoms with E-state index in [1.54, 1.807) is 24.3 Å². The molecule has 1 heterocycles. The van der Waals surface area contributed by atoms with Crippen LogP contribution in [0.1, 0.15) is 5.56 Å². The van der Waals surface area contributed by atoms with E-state index in [1.807, 2.05) is 0 Å². The van der Waals surface area contributed by atoms with Crippen LogP contribution in [0.25, 0.3) is 11.0 Å². The summed E-state index contributed by atoms with van der Waals surface area (Å²) in [6.45, 7) is 0. The summed E-state index contributed by atoms with van der Waals surface area (Å²) >= 11 is 9.41. The second-order valence-electron chi connectivity index (χ2n) is 6.91. The van der Waals surface area contributed by atoms with E-state index in [0.717, 1.165) is 12.1 Å². The molecule has 0 amide bonds. The summed E-state index contributed by atoms with van der Waals surface area (Å²) in [6, 6.07) is 14.8. The first kappa shape index (κ1) is 24.6. The molecule has 0 radical (unpaired) electrons. The predicted molar refractivity (Wildman–Crippen MR) is 125 cm³/mol. The molecule has 1 unspecified atom stereocenters. The maximum absolute atomic E-state index is 13.1. The maximum atomic E-state index is 13.1. The van der Waals surface area contributed by atoms with Crippen molar-refractivity contribution < 1.29 is 30.6 Å². The van der Waals surface area contributed by atoms with Crippen molar-refractivity contribution in [3.63, 3.8) is 0 Å². The third-order valence-corrected chi connectivity index (χ3v) is 7.43. The van der Waals surface area contributed by atoms with E-state index in [-0.39, 0.29) is 26.4 Å². The van der Waals surface area contributed by atoms with Gasteiger partial charge in [0.1, 0.15) is 22.6 Å². The number of hydrogen-bond donors (Lipinski definition) is 2. The van der Waals surface area contributed by atoms with Crippen LogP contribution in [0.5, 0.6) is 0 Å². The second-order valence-corrected chi connectivity index (χ2v) is 10.6. The second kappa shape index (κ2) is 9.23. The number of hydrogen-bond acceptors (Lipinski definition) is 5. The van der Waals surface area contributed by atoms with Crippen molar-refractivity contribution in [2.75, 3.05) is 9.44 Å². The Kier molecular flexibility index (Phi) is 6.67. The summed E-state index contributed by atoms with van der Waals surface area (Å²) in [4.78, 5) is -0.224. The van der Waals surface area contributed by atoms with Gasteiger partial charge in [0.15, 0.2) is 4.90 Å². The van der Waals surface area contributed by atoms with Gasteiger partial charge in [0.05, 0.1) is 16.3 Å². The number of para-hydroxylation sites is 1. The van der Waals surface area contributed by atoms with Gasteiger partial charge in [-0.3, -0.25) is 4.72 Å². The molecule has 0 fully saturated rings. The molecule has 4 aromatic rings. The molecule has 1 aromatic heterocycles. The van der Waals surface area contributed by atoms with E-state index in [1.165, 1.54) is 24.3 Å². The lowest BCUT2D eigenvalue weighted by atomic mass is 10.2. The smallest absolute Gasteiger partial charge is 0.418 e. The number of rotatable bonds is 6. The van der Waals surface area contributed by atoms with E-state index < -0.39 is 38.1 Å². The Bertz CT molecular complexity index is 1440. The Balaban J connectivity index is 1.64. The summed E-state index contributed by atoms with van der Waals surface area (Å²) in [5.41, 5.74) is -0.877. The highest BCUT2D eigenvalue weighted by Crippen LogP contribution is 2.37. The highest BCUT2D eigenvalue weighted by Gasteiger charge is 2.35. The average molecular weight is 549 g/mol. The highest BCUT2D eigenvalue weighted by molar-refractivity contribution is 7.93. The lowest BCUT2D eigenvalue weighted by Crippen LogP contribution is -2.18. The number of nitrogens with one attached hydrogen (secondary N) is 2. The molecule has 0 aliphatic carbocycles. The molecule has 0 saturated carbocycles. The van der Waals surface area contributed by atoms with Crippen molar-refractivity contribution in [3.8, 4) is 0 Å². The van der Waals surface area contributed by atoms with Gasteiger partial charge in [-0.25, -0.2) is 4.72 Å². The van der Waals surface area contributed by atoms with Gasteiger partial charge >= 0.3 is 6.18 Å². The monoisotopic (exact) mass is 548 g/mol. The first-order valence-electron chi connectivity index (χ1n) is 9.30. The highest BCUT2D eigenvalue weighted by atomic mass is 35.5. The van der Waals surface area contributed by atoms with Crippen LogP contribution in [-0.4, -0.2) is 13.0 Å². The number of halogens is 5. The molecule has 0 saturated heterocycles. The fourth-order valence-corrected chi connectivity index (χ4v) is 5.32. The van der Waals surface area contributed by atoms with E-state index in [9.17, 15) is 26.1 Å². The zero-order chi connectivity index (χ0) is 24.7. The molecule has 4 rings (SSSR count). The van der Waals surface area contributed by atoms with Crippen LogP contribution in [-0.2, 0) is 27.6 Å². The van der Waals surface area contributed by atoms with Crippen molar-refractivity contribution in [3.05, 3.63) is 82.3 Å². The van der Waals surface area contributed by atoms with Crippen LogP contribution in [0.3, 0.4) is 0 Å². The summed E-state index contributed by atoms with van der Waals surface area (Å²) < 4.78 is 88.2. The molecule has 1 atom stereocenters. The molecule has 2 N–H and O–H groups in total. The summed E-state index contributed by atoms with van der Waals surface area (Å²) in [7, 11) is -4.23. The van der Waals surface area contributed by atoms with Gasteiger partial charge in [0.2, 0.25) is 5.09 Å². The van der Waals surface area contributed by atoms with Gasteiger partial charge in [0, 0.05) is 22.5 Å². The third-order valence-electron chi connectivity index (χ3n) is 4.55. The predicted octanol–water partition coefficient (Wildman–Crippen LogP) is 6.69. The fourth-order valence-electron chi connectivity index (χ4n) is 2.97. The van der Waals surface area contributed by atoms with E-state index in [4.69, 9.17) is 27.6 Å². The number of fused-ring (bicyclic) bond motifs is 1. The third kappa shape index (κ3) is 5.23. The van der Waals surface area contributed by atoms with Crippen molar-refractivity contribution >= 4 is 66.9 Å². The SMILES string of the molecule is O=S(=O)(Nc1cc(Cl)ccc1N[S+]([O-])c1ccc(Cl)c(C(F)(F)F)c1)c1cc2ccccc2o1. The molecule has 3 aromatic carbocycles. The summed E-state index contributed by atoms with van der Waals surface area (Å²) in [6.07, 6.45) is -4.75. The molecule has 0 spiro atoms.